The molecule has 0 unspecified atom stereocenters. The van der Waals surface area contributed by atoms with Gasteiger partial charge in [-0.25, -0.2) is 0 Å². The van der Waals surface area contributed by atoms with Crippen molar-refractivity contribution >= 4 is 29.9 Å². The minimum atomic E-state index is -0.120. The SMILES string of the molecule is CCNCCNC(=O)c1cccc(NC(=O)C2CC2)c1.Cl. The first-order chi connectivity index (χ1) is 9.70. The van der Waals surface area contributed by atoms with Crippen LogP contribution in [-0.2, 0) is 4.79 Å². The van der Waals surface area contributed by atoms with E-state index in [2.05, 4.69) is 16.0 Å². The zero-order valence-electron chi connectivity index (χ0n) is 12.1. The molecule has 0 aliphatic heterocycles. The Balaban J connectivity index is 0.00000220. The third kappa shape index (κ3) is 5.73. The minimum absolute atomic E-state index is 0. The third-order valence-electron chi connectivity index (χ3n) is 3.18. The van der Waals surface area contributed by atoms with E-state index in [9.17, 15) is 9.59 Å². The second kappa shape index (κ2) is 8.64. The number of hydrogen-bond acceptors (Lipinski definition) is 3. The van der Waals surface area contributed by atoms with Crippen LogP contribution in [0, 0.1) is 5.92 Å². The number of rotatable bonds is 7. The van der Waals surface area contributed by atoms with Crippen LogP contribution < -0.4 is 16.0 Å². The lowest BCUT2D eigenvalue weighted by molar-refractivity contribution is -0.117. The number of likely N-dealkylation sites (N-methyl/N-ethyl adjacent to an activating group) is 1. The van der Waals surface area contributed by atoms with Crippen LogP contribution in [0.5, 0.6) is 0 Å². The van der Waals surface area contributed by atoms with Crippen molar-refractivity contribution in [3.8, 4) is 0 Å². The Morgan fingerprint density at radius 3 is 2.67 bits per heavy atom. The van der Waals surface area contributed by atoms with E-state index in [-0.39, 0.29) is 30.1 Å². The molecule has 1 aliphatic carbocycles. The van der Waals surface area contributed by atoms with E-state index in [1.807, 2.05) is 6.92 Å². The normalized spacial score (nSPS) is 13.2. The summed E-state index contributed by atoms with van der Waals surface area (Å²) in [7, 11) is 0. The van der Waals surface area contributed by atoms with Gasteiger partial charge in [0.2, 0.25) is 5.91 Å². The second-order valence-corrected chi connectivity index (χ2v) is 4.95. The first kappa shape index (κ1) is 17.5. The lowest BCUT2D eigenvalue weighted by Crippen LogP contribution is -2.31. The molecule has 2 rings (SSSR count). The lowest BCUT2D eigenvalue weighted by atomic mass is 10.2. The van der Waals surface area contributed by atoms with Gasteiger partial charge < -0.3 is 16.0 Å². The number of nitrogens with one attached hydrogen (secondary N) is 3. The second-order valence-electron chi connectivity index (χ2n) is 4.95. The van der Waals surface area contributed by atoms with Crippen molar-refractivity contribution < 1.29 is 9.59 Å². The summed E-state index contributed by atoms with van der Waals surface area (Å²) in [6, 6.07) is 7.04. The van der Waals surface area contributed by atoms with E-state index in [0.29, 0.717) is 17.8 Å². The fourth-order valence-electron chi connectivity index (χ4n) is 1.87. The third-order valence-corrected chi connectivity index (χ3v) is 3.18. The molecule has 21 heavy (non-hydrogen) atoms. The number of hydrogen-bond donors (Lipinski definition) is 3. The van der Waals surface area contributed by atoms with Crippen molar-refractivity contribution in [1.29, 1.82) is 0 Å². The first-order valence-electron chi connectivity index (χ1n) is 7.10. The predicted octanol–water partition coefficient (Wildman–Crippen LogP) is 1.80. The van der Waals surface area contributed by atoms with Crippen molar-refractivity contribution in [3.63, 3.8) is 0 Å². The van der Waals surface area contributed by atoms with Crippen molar-refractivity contribution in [2.75, 3.05) is 25.0 Å². The van der Waals surface area contributed by atoms with E-state index < -0.39 is 0 Å². The molecule has 1 aromatic carbocycles. The maximum Gasteiger partial charge on any atom is 0.251 e. The van der Waals surface area contributed by atoms with Crippen molar-refractivity contribution in [2.24, 2.45) is 5.92 Å². The van der Waals surface area contributed by atoms with Gasteiger partial charge in [-0.05, 0) is 37.6 Å². The molecule has 1 aliphatic rings. The monoisotopic (exact) mass is 311 g/mol. The Labute approximate surface area is 131 Å². The summed E-state index contributed by atoms with van der Waals surface area (Å²) in [6.45, 7) is 4.25. The Morgan fingerprint density at radius 1 is 1.24 bits per heavy atom. The average molecular weight is 312 g/mol. The van der Waals surface area contributed by atoms with Crippen molar-refractivity contribution in [1.82, 2.24) is 10.6 Å². The van der Waals surface area contributed by atoms with Crippen molar-refractivity contribution in [2.45, 2.75) is 19.8 Å². The molecule has 1 fully saturated rings. The number of halogens is 1. The summed E-state index contributed by atoms with van der Waals surface area (Å²) in [5, 5.41) is 8.82. The Bertz CT molecular complexity index is 490. The fourth-order valence-corrected chi connectivity index (χ4v) is 1.87. The summed E-state index contributed by atoms with van der Waals surface area (Å²) in [4.78, 5) is 23.6. The summed E-state index contributed by atoms with van der Waals surface area (Å²) < 4.78 is 0. The molecule has 5 nitrogen and oxygen atoms in total. The molecule has 0 heterocycles. The molecule has 0 atom stereocenters. The zero-order valence-corrected chi connectivity index (χ0v) is 13.0. The van der Waals surface area contributed by atoms with E-state index in [1.165, 1.54) is 0 Å². The Morgan fingerprint density at radius 2 is 2.00 bits per heavy atom. The molecule has 0 aromatic heterocycles. The summed E-state index contributed by atoms with van der Waals surface area (Å²) in [5.41, 5.74) is 1.25. The molecule has 0 radical (unpaired) electrons. The highest BCUT2D eigenvalue weighted by Gasteiger charge is 2.29. The zero-order chi connectivity index (χ0) is 14.4. The van der Waals surface area contributed by atoms with Gasteiger partial charge in [-0.2, -0.15) is 0 Å². The van der Waals surface area contributed by atoms with Gasteiger partial charge >= 0.3 is 0 Å². The van der Waals surface area contributed by atoms with Gasteiger partial charge in [0.05, 0.1) is 0 Å². The quantitative estimate of drug-likeness (QED) is 0.672. The van der Waals surface area contributed by atoms with Crippen LogP contribution in [-0.4, -0.2) is 31.4 Å². The molecule has 1 saturated carbocycles. The van der Waals surface area contributed by atoms with Crippen LogP contribution >= 0.6 is 12.4 Å². The smallest absolute Gasteiger partial charge is 0.251 e. The number of benzene rings is 1. The molecule has 0 bridgehead atoms. The van der Waals surface area contributed by atoms with Crippen LogP contribution in [0.1, 0.15) is 30.1 Å². The molecular formula is C15H22ClN3O2. The van der Waals surface area contributed by atoms with Crippen LogP contribution in [0.15, 0.2) is 24.3 Å². The summed E-state index contributed by atoms with van der Waals surface area (Å²) in [5.74, 6) is 0.0905. The Kier molecular flexibility index (Phi) is 7.19. The highest BCUT2D eigenvalue weighted by molar-refractivity contribution is 5.98. The van der Waals surface area contributed by atoms with Gasteiger partial charge in [0, 0.05) is 30.3 Å². The summed E-state index contributed by atoms with van der Waals surface area (Å²) >= 11 is 0. The number of amides is 2. The van der Waals surface area contributed by atoms with Crippen LogP contribution in [0.3, 0.4) is 0 Å². The fraction of sp³-hybridized carbons (Fsp3) is 0.467. The van der Waals surface area contributed by atoms with E-state index in [0.717, 1.165) is 25.9 Å². The molecule has 0 spiro atoms. The topological polar surface area (TPSA) is 70.2 Å². The average Bonchev–Trinajstić information content (AvgIpc) is 3.28. The number of anilines is 1. The molecule has 1 aromatic rings. The lowest BCUT2D eigenvalue weighted by Gasteiger charge is -2.08. The molecule has 2 amide bonds. The van der Waals surface area contributed by atoms with Crippen LogP contribution in [0.2, 0.25) is 0 Å². The van der Waals surface area contributed by atoms with Crippen LogP contribution in [0.25, 0.3) is 0 Å². The summed E-state index contributed by atoms with van der Waals surface area (Å²) in [6.07, 6.45) is 1.94. The number of carbonyl (C=O) groups excluding carboxylic acids is 2. The molecular weight excluding hydrogens is 290 g/mol. The molecule has 116 valence electrons. The van der Waals surface area contributed by atoms with Gasteiger partial charge in [0.1, 0.15) is 0 Å². The van der Waals surface area contributed by atoms with Crippen LogP contribution in [0.4, 0.5) is 5.69 Å². The van der Waals surface area contributed by atoms with E-state index in [1.54, 1.807) is 24.3 Å². The van der Waals surface area contributed by atoms with E-state index in [4.69, 9.17) is 0 Å². The van der Waals surface area contributed by atoms with Gasteiger partial charge in [0.25, 0.3) is 5.91 Å². The maximum absolute atomic E-state index is 11.9. The standard InChI is InChI=1S/C15H21N3O2.ClH/c1-2-16-8-9-17-14(19)12-4-3-5-13(10-12)18-15(20)11-6-7-11;/h3-5,10-11,16H,2,6-9H2,1H3,(H,17,19)(H,18,20);1H. The maximum atomic E-state index is 11.9. The highest BCUT2D eigenvalue weighted by atomic mass is 35.5. The largest absolute Gasteiger partial charge is 0.351 e. The highest BCUT2D eigenvalue weighted by Crippen LogP contribution is 2.30. The molecule has 3 N–H and O–H groups in total. The van der Waals surface area contributed by atoms with Gasteiger partial charge in [-0.3, -0.25) is 9.59 Å². The van der Waals surface area contributed by atoms with Gasteiger partial charge in [0.15, 0.2) is 0 Å². The van der Waals surface area contributed by atoms with Gasteiger partial charge in [-0.15, -0.1) is 12.4 Å². The Hall–Kier alpha value is -1.59. The van der Waals surface area contributed by atoms with Crippen molar-refractivity contribution in [3.05, 3.63) is 29.8 Å². The number of carbonyl (C=O) groups is 2. The van der Waals surface area contributed by atoms with E-state index >= 15 is 0 Å². The molecule has 0 saturated heterocycles. The minimum Gasteiger partial charge on any atom is -0.351 e. The molecule has 6 heteroatoms. The predicted molar refractivity (Wildman–Crippen MR) is 85.9 cm³/mol. The first-order valence-corrected chi connectivity index (χ1v) is 7.10. The van der Waals surface area contributed by atoms with Gasteiger partial charge in [-0.1, -0.05) is 13.0 Å².